The first-order valence-corrected chi connectivity index (χ1v) is 7.36. The van der Waals surface area contributed by atoms with E-state index in [1.54, 1.807) is 13.2 Å². The van der Waals surface area contributed by atoms with E-state index in [1.807, 2.05) is 18.2 Å². The molecule has 3 rings (SSSR count). The molecule has 2 aromatic rings. The van der Waals surface area contributed by atoms with E-state index in [0.717, 1.165) is 31.0 Å². The molecule has 0 saturated carbocycles. The molecule has 1 aromatic heterocycles. The zero-order valence-electron chi connectivity index (χ0n) is 12.5. The van der Waals surface area contributed by atoms with Crippen molar-refractivity contribution >= 4 is 11.7 Å². The summed E-state index contributed by atoms with van der Waals surface area (Å²) in [5.41, 5.74) is 0.695. The number of aromatic nitrogens is 3. The van der Waals surface area contributed by atoms with E-state index in [1.165, 1.54) is 0 Å². The Morgan fingerprint density at radius 3 is 3.18 bits per heavy atom. The van der Waals surface area contributed by atoms with E-state index < -0.39 is 0 Å². The fourth-order valence-corrected chi connectivity index (χ4v) is 2.56. The Morgan fingerprint density at radius 1 is 1.41 bits per heavy atom. The van der Waals surface area contributed by atoms with Gasteiger partial charge >= 0.3 is 6.03 Å². The lowest BCUT2D eigenvalue weighted by molar-refractivity contribution is 0.252. The Morgan fingerprint density at radius 2 is 2.32 bits per heavy atom. The van der Waals surface area contributed by atoms with Crippen LogP contribution in [0.25, 0.3) is 0 Å². The quantitative estimate of drug-likeness (QED) is 0.879. The largest absolute Gasteiger partial charge is 0.497 e. The number of methoxy groups -OCH3 is 1. The molecule has 7 nitrogen and oxygen atoms in total. The number of hydrogen-bond acceptors (Lipinski definition) is 4. The highest BCUT2D eigenvalue weighted by Gasteiger charge is 2.16. The van der Waals surface area contributed by atoms with Crippen molar-refractivity contribution in [1.82, 2.24) is 20.1 Å². The minimum Gasteiger partial charge on any atom is -0.497 e. The fourth-order valence-electron chi connectivity index (χ4n) is 2.56. The summed E-state index contributed by atoms with van der Waals surface area (Å²) in [6.07, 6.45) is 2.80. The number of urea groups is 1. The molecular weight excluding hydrogens is 282 g/mol. The molecule has 0 aliphatic carbocycles. The number of amides is 2. The normalized spacial score (nSPS) is 12.8. The zero-order valence-corrected chi connectivity index (χ0v) is 12.5. The lowest BCUT2D eigenvalue weighted by atomic mass is 10.3. The maximum atomic E-state index is 11.9. The van der Waals surface area contributed by atoms with Gasteiger partial charge in [0.05, 0.1) is 7.11 Å². The van der Waals surface area contributed by atoms with Crippen LogP contribution in [-0.4, -0.2) is 34.5 Å². The number of hydrogen-bond donors (Lipinski definition) is 2. The van der Waals surface area contributed by atoms with Gasteiger partial charge in [-0.1, -0.05) is 6.07 Å². The summed E-state index contributed by atoms with van der Waals surface area (Å²) in [4.78, 5) is 11.9. The van der Waals surface area contributed by atoms with Crippen LogP contribution in [0.15, 0.2) is 24.3 Å². The summed E-state index contributed by atoms with van der Waals surface area (Å²) in [6.45, 7) is 1.50. The number of nitrogens with one attached hydrogen (secondary N) is 2. The minimum absolute atomic E-state index is 0.241. The first-order valence-electron chi connectivity index (χ1n) is 7.36. The lowest BCUT2D eigenvalue weighted by Crippen LogP contribution is -2.30. The van der Waals surface area contributed by atoms with Crippen LogP contribution in [0.5, 0.6) is 5.75 Å². The molecule has 2 amide bonds. The van der Waals surface area contributed by atoms with Gasteiger partial charge in [0, 0.05) is 37.7 Å². The van der Waals surface area contributed by atoms with Gasteiger partial charge in [-0.3, -0.25) is 0 Å². The molecule has 22 heavy (non-hydrogen) atoms. The average molecular weight is 301 g/mol. The third-order valence-corrected chi connectivity index (χ3v) is 3.65. The van der Waals surface area contributed by atoms with Crippen molar-refractivity contribution in [3.63, 3.8) is 0 Å². The molecule has 7 heteroatoms. The molecule has 0 unspecified atom stereocenters. The number of rotatable bonds is 5. The van der Waals surface area contributed by atoms with Crippen LogP contribution in [0.4, 0.5) is 10.5 Å². The van der Waals surface area contributed by atoms with E-state index >= 15 is 0 Å². The Hall–Kier alpha value is -2.57. The van der Waals surface area contributed by atoms with Gasteiger partial charge in [-0.15, -0.1) is 10.2 Å². The van der Waals surface area contributed by atoms with Gasteiger partial charge in [0.1, 0.15) is 17.4 Å². The van der Waals surface area contributed by atoms with Crippen LogP contribution in [0.3, 0.4) is 0 Å². The van der Waals surface area contributed by atoms with E-state index in [0.29, 0.717) is 24.4 Å². The first kappa shape index (κ1) is 14.4. The van der Waals surface area contributed by atoms with Crippen LogP contribution < -0.4 is 15.4 Å². The van der Waals surface area contributed by atoms with E-state index in [9.17, 15) is 4.79 Å². The van der Waals surface area contributed by atoms with Crippen molar-refractivity contribution in [1.29, 1.82) is 0 Å². The van der Waals surface area contributed by atoms with Gasteiger partial charge < -0.3 is 19.9 Å². The van der Waals surface area contributed by atoms with Crippen LogP contribution in [0, 0.1) is 0 Å². The van der Waals surface area contributed by atoms with Crippen LogP contribution in [0.2, 0.25) is 0 Å². The molecule has 1 aliphatic heterocycles. The van der Waals surface area contributed by atoms with Gasteiger partial charge in [0.15, 0.2) is 0 Å². The third-order valence-electron chi connectivity index (χ3n) is 3.65. The summed E-state index contributed by atoms with van der Waals surface area (Å²) in [6, 6.07) is 7.00. The molecule has 0 bridgehead atoms. The third kappa shape index (κ3) is 3.19. The number of fused-ring (bicyclic) bond motifs is 1. The maximum absolute atomic E-state index is 11.9. The highest BCUT2D eigenvalue weighted by molar-refractivity contribution is 5.89. The number of aryl methyl sites for hydroxylation is 1. The van der Waals surface area contributed by atoms with E-state index in [2.05, 4.69) is 25.4 Å². The molecule has 0 fully saturated rings. The van der Waals surface area contributed by atoms with Crippen molar-refractivity contribution in [3.8, 4) is 5.75 Å². The molecular formula is C15H19N5O2. The molecule has 2 heterocycles. The second kappa shape index (κ2) is 6.46. The van der Waals surface area contributed by atoms with E-state index in [-0.39, 0.29) is 6.03 Å². The van der Waals surface area contributed by atoms with Crippen LogP contribution in [0.1, 0.15) is 18.1 Å². The Labute approximate surface area is 128 Å². The first-order chi connectivity index (χ1) is 10.8. The monoisotopic (exact) mass is 301 g/mol. The van der Waals surface area contributed by atoms with E-state index in [4.69, 9.17) is 4.74 Å². The summed E-state index contributed by atoms with van der Waals surface area (Å²) in [5.74, 6) is 2.70. The summed E-state index contributed by atoms with van der Waals surface area (Å²) in [7, 11) is 1.59. The second-order valence-corrected chi connectivity index (χ2v) is 5.15. The molecule has 116 valence electrons. The van der Waals surface area contributed by atoms with Crippen LogP contribution >= 0.6 is 0 Å². The highest BCUT2D eigenvalue weighted by atomic mass is 16.5. The number of carbonyl (C=O) groups is 1. The van der Waals surface area contributed by atoms with Gasteiger partial charge in [0.25, 0.3) is 0 Å². The standard InChI is InChI=1S/C15H19N5O2/c1-22-12-5-2-4-11(10-12)17-15(21)16-8-7-14-19-18-13-6-3-9-20(13)14/h2,4-5,10H,3,6-9H2,1H3,(H2,16,17,21). The second-order valence-electron chi connectivity index (χ2n) is 5.15. The number of ether oxygens (including phenoxy) is 1. The predicted octanol–water partition coefficient (Wildman–Crippen LogP) is 1.60. The highest BCUT2D eigenvalue weighted by Crippen LogP contribution is 2.16. The molecule has 1 aliphatic rings. The van der Waals surface area contributed by atoms with Gasteiger partial charge in [-0.2, -0.15) is 0 Å². The molecule has 2 N–H and O–H groups in total. The Bertz CT molecular complexity index is 668. The topological polar surface area (TPSA) is 81.1 Å². The smallest absolute Gasteiger partial charge is 0.319 e. The molecule has 0 saturated heterocycles. The predicted molar refractivity (Wildman–Crippen MR) is 82.1 cm³/mol. The van der Waals surface area contributed by atoms with Gasteiger partial charge in [-0.25, -0.2) is 4.79 Å². The molecule has 1 aromatic carbocycles. The van der Waals surface area contributed by atoms with Gasteiger partial charge in [0.2, 0.25) is 0 Å². The minimum atomic E-state index is -0.241. The zero-order chi connectivity index (χ0) is 15.4. The number of benzene rings is 1. The van der Waals surface area contributed by atoms with Crippen molar-refractivity contribution in [2.24, 2.45) is 0 Å². The van der Waals surface area contributed by atoms with Crippen LogP contribution in [-0.2, 0) is 19.4 Å². The lowest BCUT2D eigenvalue weighted by Gasteiger charge is -2.08. The van der Waals surface area contributed by atoms with Crippen molar-refractivity contribution in [2.75, 3.05) is 19.0 Å². The Balaban J connectivity index is 1.48. The summed E-state index contributed by atoms with van der Waals surface area (Å²) >= 11 is 0. The summed E-state index contributed by atoms with van der Waals surface area (Å²) < 4.78 is 7.26. The van der Waals surface area contributed by atoms with Crippen molar-refractivity contribution in [2.45, 2.75) is 25.8 Å². The molecule has 0 spiro atoms. The fraction of sp³-hybridized carbons (Fsp3) is 0.400. The molecule has 0 atom stereocenters. The number of nitrogens with zero attached hydrogens (tertiary/aromatic N) is 3. The Kier molecular flexibility index (Phi) is 4.22. The maximum Gasteiger partial charge on any atom is 0.319 e. The summed E-state index contributed by atoms with van der Waals surface area (Å²) in [5, 5.41) is 13.9. The van der Waals surface area contributed by atoms with Crippen molar-refractivity contribution in [3.05, 3.63) is 35.9 Å². The SMILES string of the molecule is COc1cccc(NC(=O)NCCc2nnc3n2CCC3)c1. The number of carbonyl (C=O) groups excluding carboxylic acids is 1. The van der Waals surface area contributed by atoms with Crippen molar-refractivity contribution < 1.29 is 9.53 Å². The average Bonchev–Trinajstić information content (AvgIpc) is 3.12. The molecule has 0 radical (unpaired) electrons. The van der Waals surface area contributed by atoms with Gasteiger partial charge in [-0.05, 0) is 18.6 Å². The number of anilines is 1.